The van der Waals surface area contributed by atoms with Crippen LogP contribution in [0.15, 0.2) is 73.8 Å². The Labute approximate surface area is 160 Å². The van der Waals surface area contributed by atoms with Crippen molar-refractivity contribution in [2.24, 2.45) is 0 Å². The van der Waals surface area contributed by atoms with Crippen LogP contribution < -0.4 is 0 Å². The Bertz CT molecular complexity index is 1310. The van der Waals surface area contributed by atoms with E-state index in [1.807, 2.05) is 23.5 Å². The summed E-state index contributed by atoms with van der Waals surface area (Å²) in [7, 11) is 0. The first kappa shape index (κ1) is 15.6. The molecule has 0 radical (unpaired) electrons. The summed E-state index contributed by atoms with van der Waals surface area (Å²) >= 11 is 3.66. The second kappa shape index (κ2) is 5.94. The molecule has 5 rings (SSSR count). The van der Waals surface area contributed by atoms with E-state index in [2.05, 4.69) is 73.8 Å². The zero-order chi connectivity index (χ0) is 17.7. The van der Waals surface area contributed by atoms with Gasteiger partial charge >= 0.3 is 0 Å². The summed E-state index contributed by atoms with van der Waals surface area (Å²) < 4.78 is 3.98. The minimum atomic E-state index is 1.19. The van der Waals surface area contributed by atoms with Crippen LogP contribution >= 0.6 is 22.7 Å². The van der Waals surface area contributed by atoms with Crippen LogP contribution in [0, 0.1) is 0 Å². The van der Waals surface area contributed by atoms with E-state index < -0.39 is 0 Å². The molecule has 0 fully saturated rings. The van der Waals surface area contributed by atoms with Gasteiger partial charge in [-0.05, 0) is 28.8 Å². The topological polar surface area (TPSA) is 0 Å². The molecule has 0 unspecified atom stereocenters. The summed E-state index contributed by atoms with van der Waals surface area (Å²) in [5.74, 6) is 0. The van der Waals surface area contributed by atoms with E-state index in [0.717, 1.165) is 0 Å². The Hall–Kier alpha value is -2.68. The highest BCUT2D eigenvalue weighted by Crippen LogP contribution is 2.41. The molecule has 0 N–H and O–H groups in total. The molecule has 0 saturated carbocycles. The standard InChI is InChI=1S/C24H16S2/c1-3-16-19-13-12-15(14-23(19)25-21(16)4-2)17-9-7-10-20-18-8-5-6-11-22(18)26-24(17)20/h3-14H,1-2H2. The molecule has 0 amide bonds. The Morgan fingerprint density at radius 2 is 1.54 bits per heavy atom. The average Bonchev–Trinajstić information content (AvgIpc) is 3.24. The van der Waals surface area contributed by atoms with Crippen LogP contribution in [0.1, 0.15) is 10.4 Å². The summed E-state index contributed by atoms with van der Waals surface area (Å²) in [4.78, 5) is 1.19. The van der Waals surface area contributed by atoms with Crippen molar-refractivity contribution in [3.05, 3.63) is 84.3 Å². The normalized spacial score (nSPS) is 11.4. The molecule has 0 atom stereocenters. The molecular weight excluding hydrogens is 352 g/mol. The minimum absolute atomic E-state index is 1.19. The largest absolute Gasteiger partial charge is 0.135 e. The molecule has 124 valence electrons. The number of rotatable bonds is 3. The number of hydrogen-bond acceptors (Lipinski definition) is 2. The Morgan fingerprint density at radius 3 is 2.38 bits per heavy atom. The van der Waals surface area contributed by atoms with Crippen molar-refractivity contribution in [1.82, 2.24) is 0 Å². The maximum absolute atomic E-state index is 3.97. The fourth-order valence-electron chi connectivity index (χ4n) is 3.64. The SMILES string of the molecule is C=Cc1sc2cc(-c3cccc4c3sc3ccccc34)ccc2c1C=C. The molecule has 0 nitrogen and oxygen atoms in total. The van der Waals surface area contributed by atoms with E-state index in [1.165, 1.54) is 51.8 Å². The van der Waals surface area contributed by atoms with Crippen molar-refractivity contribution >= 4 is 65.1 Å². The summed E-state index contributed by atoms with van der Waals surface area (Å²) in [5.41, 5.74) is 3.76. The molecule has 0 saturated heterocycles. The first-order valence-electron chi connectivity index (χ1n) is 8.52. The molecule has 0 aliphatic carbocycles. The molecule has 2 heterocycles. The van der Waals surface area contributed by atoms with Crippen LogP contribution in [0.3, 0.4) is 0 Å². The zero-order valence-electron chi connectivity index (χ0n) is 14.2. The summed E-state index contributed by atoms with van der Waals surface area (Å²) in [6.07, 6.45) is 3.86. The molecule has 26 heavy (non-hydrogen) atoms. The maximum Gasteiger partial charge on any atom is 0.0433 e. The molecule has 0 bridgehead atoms. The maximum atomic E-state index is 3.97. The van der Waals surface area contributed by atoms with Gasteiger partial charge in [-0.15, -0.1) is 22.7 Å². The quantitative estimate of drug-likeness (QED) is 0.301. The third-order valence-electron chi connectivity index (χ3n) is 4.86. The molecular formula is C24H16S2. The number of thiophene rings is 2. The lowest BCUT2D eigenvalue weighted by atomic mass is 10.0. The van der Waals surface area contributed by atoms with Crippen LogP contribution in [0.2, 0.25) is 0 Å². The van der Waals surface area contributed by atoms with Crippen molar-refractivity contribution in [2.75, 3.05) is 0 Å². The van der Waals surface area contributed by atoms with Gasteiger partial charge < -0.3 is 0 Å². The predicted molar refractivity (Wildman–Crippen MR) is 120 cm³/mol. The number of hydrogen-bond donors (Lipinski definition) is 0. The first-order chi connectivity index (χ1) is 12.8. The van der Waals surface area contributed by atoms with Crippen molar-refractivity contribution in [1.29, 1.82) is 0 Å². The Balaban J connectivity index is 1.79. The van der Waals surface area contributed by atoms with E-state index in [-0.39, 0.29) is 0 Å². The third-order valence-corrected chi connectivity index (χ3v) is 7.25. The summed E-state index contributed by atoms with van der Waals surface area (Å²) in [6, 6.07) is 22.0. The molecule has 2 heteroatoms. The predicted octanol–water partition coefficient (Wildman–Crippen LogP) is 8.22. The highest BCUT2D eigenvalue weighted by Gasteiger charge is 2.12. The minimum Gasteiger partial charge on any atom is -0.135 e. The first-order valence-corrected chi connectivity index (χ1v) is 10.2. The highest BCUT2D eigenvalue weighted by molar-refractivity contribution is 7.26. The van der Waals surface area contributed by atoms with E-state index in [0.29, 0.717) is 0 Å². The van der Waals surface area contributed by atoms with Crippen LogP contribution in [0.25, 0.3) is 53.5 Å². The summed E-state index contributed by atoms with van der Waals surface area (Å²) in [6.45, 7) is 7.91. The Morgan fingerprint density at radius 1 is 0.692 bits per heavy atom. The molecule has 0 aliphatic heterocycles. The van der Waals surface area contributed by atoms with Gasteiger partial charge in [0.1, 0.15) is 0 Å². The van der Waals surface area contributed by atoms with Crippen molar-refractivity contribution < 1.29 is 0 Å². The molecule has 2 aromatic heterocycles. The third kappa shape index (κ3) is 2.20. The van der Waals surface area contributed by atoms with Crippen LogP contribution in [0.5, 0.6) is 0 Å². The molecule has 0 aliphatic rings. The molecule has 3 aromatic carbocycles. The van der Waals surface area contributed by atoms with Crippen molar-refractivity contribution in [2.45, 2.75) is 0 Å². The van der Waals surface area contributed by atoms with E-state index in [9.17, 15) is 0 Å². The second-order valence-corrected chi connectivity index (χ2v) is 8.42. The van der Waals surface area contributed by atoms with Crippen LogP contribution in [-0.2, 0) is 0 Å². The van der Waals surface area contributed by atoms with Gasteiger partial charge in [0.2, 0.25) is 0 Å². The monoisotopic (exact) mass is 368 g/mol. The lowest BCUT2D eigenvalue weighted by Gasteiger charge is -2.04. The molecule has 5 aromatic rings. The van der Waals surface area contributed by atoms with E-state index in [4.69, 9.17) is 0 Å². The average molecular weight is 369 g/mol. The fourth-order valence-corrected chi connectivity index (χ4v) is 5.98. The Kier molecular flexibility index (Phi) is 3.56. The number of benzene rings is 3. The van der Waals surface area contributed by atoms with Gasteiger partial charge in [-0.3, -0.25) is 0 Å². The van der Waals surface area contributed by atoms with Gasteiger partial charge in [0, 0.05) is 35.1 Å². The summed E-state index contributed by atoms with van der Waals surface area (Å²) in [5, 5.41) is 3.94. The lowest BCUT2D eigenvalue weighted by Crippen LogP contribution is -1.78. The van der Waals surface area contributed by atoms with Gasteiger partial charge in [0.05, 0.1) is 0 Å². The van der Waals surface area contributed by atoms with Crippen LogP contribution in [0.4, 0.5) is 0 Å². The van der Waals surface area contributed by atoms with Gasteiger partial charge in [-0.1, -0.05) is 73.8 Å². The van der Waals surface area contributed by atoms with Crippen LogP contribution in [-0.4, -0.2) is 0 Å². The van der Waals surface area contributed by atoms with Gasteiger partial charge in [-0.2, -0.15) is 0 Å². The van der Waals surface area contributed by atoms with Crippen molar-refractivity contribution in [3.8, 4) is 11.1 Å². The van der Waals surface area contributed by atoms with Gasteiger partial charge in [0.15, 0.2) is 0 Å². The fraction of sp³-hybridized carbons (Fsp3) is 0. The molecule has 0 spiro atoms. The van der Waals surface area contributed by atoms with Crippen molar-refractivity contribution in [3.63, 3.8) is 0 Å². The number of fused-ring (bicyclic) bond motifs is 4. The zero-order valence-corrected chi connectivity index (χ0v) is 15.8. The van der Waals surface area contributed by atoms with E-state index >= 15 is 0 Å². The van der Waals surface area contributed by atoms with Gasteiger partial charge in [-0.25, -0.2) is 0 Å². The van der Waals surface area contributed by atoms with E-state index in [1.54, 1.807) is 11.3 Å². The smallest absolute Gasteiger partial charge is 0.0433 e. The van der Waals surface area contributed by atoms with Gasteiger partial charge in [0.25, 0.3) is 0 Å². The highest BCUT2D eigenvalue weighted by atomic mass is 32.1. The second-order valence-electron chi connectivity index (χ2n) is 6.28. The lowest BCUT2D eigenvalue weighted by molar-refractivity contribution is 1.74.